The molecule has 1 unspecified atom stereocenters. The van der Waals surface area contributed by atoms with Crippen molar-refractivity contribution in [2.24, 2.45) is 0 Å². The van der Waals surface area contributed by atoms with Crippen molar-refractivity contribution < 1.29 is 0 Å². The van der Waals surface area contributed by atoms with Crippen molar-refractivity contribution in [3.63, 3.8) is 0 Å². The summed E-state index contributed by atoms with van der Waals surface area (Å²) in [7, 11) is 0. The monoisotopic (exact) mass is 413 g/mol. The highest BCUT2D eigenvalue weighted by Crippen LogP contribution is 2.33. The maximum Gasteiger partial charge on any atom is 0.210 e. The minimum Gasteiger partial charge on any atom is -0.336 e. The van der Waals surface area contributed by atoms with Gasteiger partial charge in [-0.05, 0) is 36.5 Å². The Morgan fingerprint density at radius 3 is 2.54 bits per heavy atom. The van der Waals surface area contributed by atoms with Crippen LogP contribution in [0, 0.1) is 11.3 Å². The van der Waals surface area contributed by atoms with Gasteiger partial charge in [0, 0.05) is 16.2 Å². The lowest BCUT2D eigenvalue weighted by Crippen LogP contribution is -2.05. The standard InChI is InChI=1S/C20H25Cl2N3.ClH/c1-2-3-4-5-6-7-8-15(11-17-14-24-20(13-23)25-17)18-10-9-16(21)12-19(18)22;/h9-10,12,14-15H,2-8,11H2,1H3,(H,24,25);1H. The lowest BCUT2D eigenvalue weighted by molar-refractivity contribution is 0.534. The van der Waals surface area contributed by atoms with Crippen molar-refractivity contribution in [1.29, 1.82) is 5.26 Å². The van der Waals surface area contributed by atoms with E-state index in [-0.39, 0.29) is 18.3 Å². The van der Waals surface area contributed by atoms with Gasteiger partial charge in [0.1, 0.15) is 6.07 Å². The molecule has 0 aliphatic carbocycles. The van der Waals surface area contributed by atoms with Crippen LogP contribution in [0.15, 0.2) is 24.4 Å². The molecule has 0 aliphatic heterocycles. The summed E-state index contributed by atoms with van der Waals surface area (Å²) >= 11 is 12.5. The maximum absolute atomic E-state index is 8.94. The summed E-state index contributed by atoms with van der Waals surface area (Å²) in [4.78, 5) is 7.22. The Labute approximate surface area is 172 Å². The number of aromatic nitrogens is 2. The topological polar surface area (TPSA) is 52.5 Å². The predicted molar refractivity (Wildman–Crippen MR) is 111 cm³/mol. The number of nitrogens with zero attached hydrogens (tertiary/aromatic N) is 2. The van der Waals surface area contributed by atoms with E-state index in [9.17, 15) is 0 Å². The summed E-state index contributed by atoms with van der Waals surface area (Å²) in [5.74, 6) is 0.640. The molecule has 0 spiro atoms. The number of hydrogen-bond donors (Lipinski definition) is 1. The third-order valence-corrected chi connectivity index (χ3v) is 5.06. The molecule has 6 heteroatoms. The molecule has 1 heterocycles. The molecule has 1 aromatic heterocycles. The molecule has 3 nitrogen and oxygen atoms in total. The normalized spacial score (nSPS) is 11.6. The van der Waals surface area contributed by atoms with E-state index in [0.717, 1.165) is 24.1 Å². The fourth-order valence-corrected chi connectivity index (χ4v) is 3.71. The first kappa shape index (κ1) is 22.8. The fourth-order valence-electron chi connectivity index (χ4n) is 3.15. The van der Waals surface area contributed by atoms with Gasteiger partial charge in [-0.25, -0.2) is 4.98 Å². The van der Waals surface area contributed by atoms with Crippen LogP contribution in [0.5, 0.6) is 0 Å². The van der Waals surface area contributed by atoms with Crippen LogP contribution in [-0.4, -0.2) is 9.97 Å². The smallest absolute Gasteiger partial charge is 0.210 e. The summed E-state index contributed by atoms with van der Waals surface area (Å²) in [6, 6.07) is 7.75. The minimum atomic E-state index is 0. The summed E-state index contributed by atoms with van der Waals surface area (Å²) in [6.45, 7) is 2.23. The van der Waals surface area contributed by atoms with Crippen molar-refractivity contribution >= 4 is 35.6 Å². The molecule has 1 N–H and O–H groups in total. The molecule has 0 amide bonds. The van der Waals surface area contributed by atoms with E-state index in [1.807, 2.05) is 24.4 Å². The largest absolute Gasteiger partial charge is 0.336 e. The first-order chi connectivity index (χ1) is 12.1. The Bertz CT molecular complexity index is 707. The molecule has 0 saturated carbocycles. The zero-order valence-electron chi connectivity index (χ0n) is 15.1. The molecular formula is C20H26Cl3N3. The Balaban J connectivity index is 0.00000338. The van der Waals surface area contributed by atoms with E-state index in [1.165, 1.54) is 38.5 Å². The summed E-state index contributed by atoms with van der Waals surface area (Å²) in [6.07, 6.45) is 11.2. The molecule has 1 atom stereocenters. The molecule has 2 rings (SSSR count). The zero-order chi connectivity index (χ0) is 18.1. The maximum atomic E-state index is 8.94. The fraction of sp³-hybridized carbons (Fsp3) is 0.500. The first-order valence-corrected chi connectivity index (χ1v) is 9.79. The van der Waals surface area contributed by atoms with Gasteiger partial charge in [-0.1, -0.05) is 74.7 Å². The summed E-state index contributed by atoms with van der Waals surface area (Å²) in [5, 5.41) is 10.3. The number of benzene rings is 1. The van der Waals surface area contributed by atoms with E-state index in [4.69, 9.17) is 28.5 Å². The Hall–Kier alpha value is -1.21. The van der Waals surface area contributed by atoms with Crippen molar-refractivity contribution in [1.82, 2.24) is 9.97 Å². The molecular weight excluding hydrogens is 389 g/mol. The second-order valence-corrected chi connectivity index (χ2v) is 7.32. The Kier molecular flexibility index (Phi) is 10.7. The van der Waals surface area contributed by atoms with Crippen molar-refractivity contribution in [2.75, 3.05) is 0 Å². The second-order valence-electron chi connectivity index (χ2n) is 6.48. The quantitative estimate of drug-likeness (QED) is 0.422. The van der Waals surface area contributed by atoms with Gasteiger partial charge in [-0.15, -0.1) is 12.4 Å². The molecule has 1 aromatic carbocycles. The lowest BCUT2D eigenvalue weighted by atomic mass is 9.89. The number of nitriles is 1. The van der Waals surface area contributed by atoms with Crippen molar-refractivity contribution in [3.8, 4) is 6.07 Å². The second kappa shape index (κ2) is 12.2. The van der Waals surface area contributed by atoms with Crippen LogP contribution in [0.1, 0.15) is 74.9 Å². The average Bonchev–Trinajstić information content (AvgIpc) is 3.05. The van der Waals surface area contributed by atoms with Gasteiger partial charge in [0.15, 0.2) is 0 Å². The zero-order valence-corrected chi connectivity index (χ0v) is 17.4. The minimum absolute atomic E-state index is 0. The van der Waals surface area contributed by atoms with E-state index >= 15 is 0 Å². The molecule has 0 fully saturated rings. The Morgan fingerprint density at radius 1 is 1.15 bits per heavy atom. The van der Waals surface area contributed by atoms with E-state index in [1.54, 1.807) is 6.07 Å². The molecule has 0 radical (unpaired) electrons. The molecule has 0 aliphatic rings. The molecule has 142 valence electrons. The number of rotatable bonds is 10. The van der Waals surface area contributed by atoms with Gasteiger partial charge in [0.25, 0.3) is 0 Å². The molecule has 0 bridgehead atoms. The van der Waals surface area contributed by atoms with Crippen LogP contribution in [0.25, 0.3) is 0 Å². The summed E-state index contributed by atoms with van der Waals surface area (Å²) in [5.41, 5.74) is 2.01. The van der Waals surface area contributed by atoms with Crippen LogP contribution in [0.2, 0.25) is 10.0 Å². The first-order valence-electron chi connectivity index (χ1n) is 9.03. The molecule has 26 heavy (non-hydrogen) atoms. The van der Waals surface area contributed by atoms with E-state index in [2.05, 4.69) is 16.9 Å². The van der Waals surface area contributed by atoms with Gasteiger partial charge in [-0.3, -0.25) is 0 Å². The SMILES string of the molecule is CCCCCCCCC(Cc1c[nH]c(C#N)n1)c1ccc(Cl)cc1Cl.Cl. The highest BCUT2D eigenvalue weighted by Gasteiger charge is 2.17. The lowest BCUT2D eigenvalue weighted by Gasteiger charge is -2.18. The van der Waals surface area contributed by atoms with E-state index in [0.29, 0.717) is 15.9 Å². The highest BCUT2D eigenvalue weighted by atomic mass is 35.5. The third-order valence-electron chi connectivity index (χ3n) is 4.50. The van der Waals surface area contributed by atoms with Crippen LogP contribution in [0.4, 0.5) is 0 Å². The van der Waals surface area contributed by atoms with Crippen LogP contribution in [0.3, 0.4) is 0 Å². The highest BCUT2D eigenvalue weighted by molar-refractivity contribution is 6.35. The number of halogens is 3. The van der Waals surface area contributed by atoms with Gasteiger partial charge >= 0.3 is 0 Å². The summed E-state index contributed by atoms with van der Waals surface area (Å²) < 4.78 is 0. The molecule has 2 aromatic rings. The van der Waals surface area contributed by atoms with Gasteiger partial charge < -0.3 is 4.98 Å². The van der Waals surface area contributed by atoms with Crippen LogP contribution in [-0.2, 0) is 6.42 Å². The van der Waals surface area contributed by atoms with Gasteiger partial charge in [-0.2, -0.15) is 5.26 Å². The molecule has 0 saturated heterocycles. The number of H-pyrrole nitrogens is 1. The van der Waals surface area contributed by atoms with Crippen LogP contribution < -0.4 is 0 Å². The number of aromatic amines is 1. The van der Waals surface area contributed by atoms with Crippen molar-refractivity contribution in [2.45, 2.75) is 64.2 Å². The number of nitrogens with one attached hydrogen (secondary N) is 1. The Morgan fingerprint density at radius 2 is 1.88 bits per heavy atom. The van der Waals surface area contributed by atoms with E-state index < -0.39 is 0 Å². The van der Waals surface area contributed by atoms with Gasteiger partial charge in [0.05, 0.1) is 5.69 Å². The number of imidazole rings is 1. The predicted octanol–water partition coefficient (Wildman–Crippen LogP) is 7.09. The number of hydrogen-bond acceptors (Lipinski definition) is 2. The number of unbranched alkanes of at least 4 members (excludes halogenated alkanes) is 5. The van der Waals surface area contributed by atoms with Crippen molar-refractivity contribution in [3.05, 3.63) is 51.5 Å². The van der Waals surface area contributed by atoms with Crippen LogP contribution >= 0.6 is 35.6 Å². The average molecular weight is 415 g/mol. The third kappa shape index (κ3) is 7.19. The van der Waals surface area contributed by atoms with Gasteiger partial charge in [0.2, 0.25) is 5.82 Å².